The topological polar surface area (TPSA) is 65.3 Å². The smallest absolute Gasteiger partial charge is 0.0237 e. The first kappa shape index (κ1) is 21.0. The molecular weight excluding hydrogens is 346 g/mol. The zero-order valence-electron chi connectivity index (χ0n) is 17.1. The van der Waals surface area contributed by atoms with Gasteiger partial charge in [-0.2, -0.15) is 0 Å². The first-order valence-electron chi connectivity index (χ1n) is 10.5. The summed E-state index contributed by atoms with van der Waals surface area (Å²) in [7, 11) is 0. The van der Waals surface area contributed by atoms with Crippen LogP contribution in [0, 0.1) is 6.92 Å². The van der Waals surface area contributed by atoms with E-state index in [9.17, 15) is 0 Å². The van der Waals surface area contributed by atoms with Gasteiger partial charge in [-0.15, -0.1) is 0 Å². The number of nitrogens with one attached hydrogen (secondary N) is 3. The van der Waals surface area contributed by atoms with Crippen LogP contribution in [0.1, 0.15) is 16.7 Å². The summed E-state index contributed by atoms with van der Waals surface area (Å²) >= 11 is 0. The predicted octanol–water partition coefficient (Wildman–Crippen LogP) is 1.71. The number of piperazine rings is 2. The Morgan fingerprint density at radius 1 is 0.821 bits per heavy atom. The highest BCUT2D eigenvalue weighted by Gasteiger charge is 2.11. The van der Waals surface area contributed by atoms with Crippen molar-refractivity contribution in [3.05, 3.63) is 59.2 Å². The highest BCUT2D eigenvalue weighted by Crippen LogP contribution is 2.24. The van der Waals surface area contributed by atoms with Gasteiger partial charge < -0.3 is 21.7 Å². The molecule has 5 nitrogen and oxygen atoms in total. The number of nitrogens with zero attached hydrogens (tertiary/aromatic N) is 1. The van der Waals surface area contributed by atoms with Gasteiger partial charge in [0, 0.05) is 65.4 Å². The molecular formula is C23H35N5. The lowest BCUT2D eigenvalue weighted by molar-refractivity contribution is 0.233. The van der Waals surface area contributed by atoms with E-state index in [-0.39, 0.29) is 0 Å². The van der Waals surface area contributed by atoms with Crippen molar-refractivity contribution in [2.45, 2.75) is 20.0 Å². The fourth-order valence-corrected chi connectivity index (χ4v) is 3.64. The minimum absolute atomic E-state index is 0.591. The van der Waals surface area contributed by atoms with Gasteiger partial charge in [0.15, 0.2) is 0 Å². The van der Waals surface area contributed by atoms with Crippen LogP contribution >= 0.6 is 0 Å². The van der Waals surface area contributed by atoms with Crippen molar-refractivity contribution >= 4 is 0 Å². The largest absolute Gasteiger partial charge is 0.326 e. The third-order valence-electron chi connectivity index (χ3n) is 5.40. The minimum atomic E-state index is 0.591. The summed E-state index contributed by atoms with van der Waals surface area (Å²) < 4.78 is 0. The molecule has 2 fully saturated rings. The van der Waals surface area contributed by atoms with Crippen LogP contribution in [0.3, 0.4) is 0 Å². The molecule has 2 saturated heterocycles. The molecule has 0 unspecified atom stereocenters. The summed E-state index contributed by atoms with van der Waals surface area (Å²) in [6.45, 7) is 12.9. The fourth-order valence-electron chi connectivity index (χ4n) is 3.64. The van der Waals surface area contributed by atoms with E-state index in [2.05, 4.69) is 70.2 Å². The third-order valence-corrected chi connectivity index (χ3v) is 5.40. The lowest BCUT2D eigenvalue weighted by atomic mass is 9.98. The van der Waals surface area contributed by atoms with Crippen molar-refractivity contribution in [1.29, 1.82) is 0 Å². The second-order valence-electron chi connectivity index (χ2n) is 7.57. The number of rotatable bonds is 4. The van der Waals surface area contributed by atoms with Gasteiger partial charge in [-0.3, -0.25) is 4.90 Å². The third kappa shape index (κ3) is 6.40. The van der Waals surface area contributed by atoms with Crippen molar-refractivity contribution in [2.75, 3.05) is 52.4 Å². The van der Waals surface area contributed by atoms with Crippen LogP contribution in [0.15, 0.2) is 42.5 Å². The van der Waals surface area contributed by atoms with Gasteiger partial charge in [-0.1, -0.05) is 36.4 Å². The lowest BCUT2D eigenvalue weighted by Gasteiger charge is -2.27. The maximum atomic E-state index is 5.74. The maximum absolute atomic E-state index is 5.74. The summed E-state index contributed by atoms with van der Waals surface area (Å²) in [5, 5.41) is 9.85. The van der Waals surface area contributed by atoms with Crippen LogP contribution in [-0.2, 0) is 13.1 Å². The second kappa shape index (κ2) is 11.3. The molecule has 0 aliphatic carbocycles. The van der Waals surface area contributed by atoms with E-state index in [0.717, 1.165) is 58.9 Å². The SMILES string of the molecule is C1CNCCN1.Cc1cc(-c2cccc(CN)c2)ccc1CN1CCNCC1. The Morgan fingerprint density at radius 3 is 2.07 bits per heavy atom. The van der Waals surface area contributed by atoms with Gasteiger partial charge in [0.25, 0.3) is 0 Å². The van der Waals surface area contributed by atoms with E-state index in [1.807, 2.05) is 0 Å². The van der Waals surface area contributed by atoms with E-state index in [1.54, 1.807) is 0 Å². The van der Waals surface area contributed by atoms with Crippen LogP contribution in [0.2, 0.25) is 0 Å². The zero-order chi connectivity index (χ0) is 19.6. The normalized spacial score (nSPS) is 17.6. The fraction of sp³-hybridized carbons (Fsp3) is 0.478. The molecule has 28 heavy (non-hydrogen) atoms. The lowest BCUT2D eigenvalue weighted by Crippen LogP contribution is -2.42. The van der Waals surface area contributed by atoms with Crippen LogP contribution in [0.25, 0.3) is 11.1 Å². The van der Waals surface area contributed by atoms with E-state index in [0.29, 0.717) is 6.54 Å². The number of benzene rings is 2. The van der Waals surface area contributed by atoms with E-state index in [4.69, 9.17) is 5.73 Å². The minimum Gasteiger partial charge on any atom is -0.326 e. The average molecular weight is 382 g/mol. The van der Waals surface area contributed by atoms with Crippen molar-refractivity contribution in [2.24, 2.45) is 5.73 Å². The summed E-state index contributed by atoms with van der Waals surface area (Å²) in [6, 6.07) is 15.3. The quantitative estimate of drug-likeness (QED) is 0.649. The molecule has 0 radical (unpaired) electrons. The Hall–Kier alpha value is -1.76. The predicted molar refractivity (Wildman–Crippen MR) is 118 cm³/mol. The van der Waals surface area contributed by atoms with Crippen LogP contribution in [0.5, 0.6) is 0 Å². The molecule has 2 aromatic carbocycles. The van der Waals surface area contributed by atoms with Gasteiger partial charge in [-0.05, 0) is 40.8 Å². The molecule has 0 aromatic heterocycles. The summed E-state index contributed by atoms with van der Waals surface area (Å²) in [4.78, 5) is 2.52. The molecule has 2 aromatic rings. The second-order valence-corrected chi connectivity index (χ2v) is 7.57. The van der Waals surface area contributed by atoms with Crippen molar-refractivity contribution in [3.63, 3.8) is 0 Å². The summed E-state index contributed by atoms with van der Waals surface area (Å²) in [6.07, 6.45) is 0. The van der Waals surface area contributed by atoms with Crippen molar-refractivity contribution in [1.82, 2.24) is 20.9 Å². The number of aryl methyl sites for hydroxylation is 1. The molecule has 2 heterocycles. The highest BCUT2D eigenvalue weighted by molar-refractivity contribution is 5.65. The van der Waals surface area contributed by atoms with Gasteiger partial charge in [0.2, 0.25) is 0 Å². The molecule has 5 N–H and O–H groups in total. The van der Waals surface area contributed by atoms with Crippen molar-refractivity contribution < 1.29 is 0 Å². The molecule has 152 valence electrons. The molecule has 2 aliphatic rings. The van der Waals surface area contributed by atoms with E-state index < -0.39 is 0 Å². The Morgan fingerprint density at radius 2 is 1.46 bits per heavy atom. The monoisotopic (exact) mass is 381 g/mol. The first-order valence-corrected chi connectivity index (χ1v) is 10.5. The average Bonchev–Trinajstić information content (AvgIpc) is 2.77. The molecule has 0 bridgehead atoms. The highest BCUT2D eigenvalue weighted by atomic mass is 15.2. The van der Waals surface area contributed by atoms with Gasteiger partial charge in [-0.25, -0.2) is 0 Å². The van der Waals surface area contributed by atoms with Crippen LogP contribution in [-0.4, -0.2) is 57.3 Å². The maximum Gasteiger partial charge on any atom is 0.0237 e. The molecule has 5 heteroatoms. The Bertz CT molecular complexity index is 709. The molecule has 2 aliphatic heterocycles. The van der Waals surface area contributed by atoms with Gasteiger partial charge >= 0.3 is 0 Å². The van der Waals surface area contributed by atoms with Crippen LogP contribution in [0.4, 0.5) is 0 Å². The molecule has 0 atom stereocenters. The van der Waals surface area contributed by atoms with E-state index >= 15 is 0 Å². The standard InChI is InChI=1S/C19H25N3.C4H10N2/c1-15-11-18(17-4-2-3-16(12-17)13-20)5-6-19(15)14-22-9-7-21-8-10-22;1-2-6-4-3-5-1/h2-6,11-12,21H,7-10,13-14,20H2,1H3;5-6H,1-4H2. The van der Waals surface area contributed by atoms with E-state index in [1.165, 1.54) is 27.8 Å². The molecule has 0 spiro atoms. The van der Waals surface area contributed by atoms with Crippen molar-refractivity contribution in [3.8, 4) is 11.1 Å². The zero-order valence-corrected chi connectivity index (χ0v) is 17.1. The Kier molecular flexibility index (Phi) is 8.45. The van der Waals surface area contributed by atoms with Gasteiger partial charge in [0.1, 0.15) is 0 Å². The Balaban J connectivity index is 0.000000320. The Labute approximate surface area is 169 Å². The first-order chi connectivity index (χ1) is 13.8. The van der Waals surface area contributed by atoms with Gasteiger partial charge in [0.05, 0.1) is 0 Å². The molecule has 0 saturated carbocycles. The number of hydrogen-bond donors (Lipinski definition) is 4. The number of hydrogen-bond acceptors (Lipinski definition) is 5. The summed E-state index contributed by atoms with van der Waals surface area (Å²) in [5.74, 6) is 0. The molecule has 0 amide bonds. The molecule has 4 rings (SSSR count). The summed E-state index contributed by atoms with van der Waals surface area (Å²) in [5.41, 5.74) is 12.3. The number of nitrogens with two attached hydrogens (primary N) is 1. The van der Waals surface area contributed by atoms with Crippen LogP contribution < -0.4 is 21.7 Å².